The minimum Gasteiger partial charge on any atom is -0.480 e. The molecule has 0 fully saturated rings. The van der Waals surface area contributed by atoms with Crippen molar-refractivity contribution < 1.29 is 19.5 Å². The van der Waals surface area contributed by atoms with Crippen LogP contribution in [0, 0.1) is 11.8 Å². The highest BCUT2D eigenvalue weighted by atomic mass is 32.2. The number of benzene rings is 2. The van der Waals surface area contributed by atoms with Gasteiger partial charge in [0.25, 0.3) is 5.91 Å². The zero-order chi connectivity index (χ0) is 27.5. The van der Waals surface area contributed by atoms with Gasteiger partial charge in [-0.05, 0) is 69.0 Å². The molecule has 0 aliphatic carbocycles. The van der Waals surface area contributed by atoms with Crippen molar-refractivity contribution in [2.75, 3.05) is 25.1 Å². The number of carboxylic acids is 1. The topological polar surface area (TPSA) is 86.7 Å². The molecular weight excluding hydrogens is 484 g/mol. The lowest BCUT2D eigenvalue weighted by Crippen LogP contribution is -2.45. The fourth-order valence-corrected chi connectivity index (χ4v) is 3.51. The van der Waals surface area contributed by atoms with E-state index in [1.807, 2.05) is 49.0 Å². The molecule has 0 unspecified atom stereocenters. The second-order valence-corrected chi connectivity index (χ2v) is 8.80. The first kappa shape index (κ1) is 31.3. The molecule has 2 aromatic rings. The Morgan fingerprint density at radius 3 is 2.30 bits per heavy atom. The van der Waals surface area contributed by atoms with E-state index in [9.17, 15) is 14.4 Å². The van der Waals surface area contributed by atoms with Gasteiger partial charge in [-0.25, -0.2) is 4.79 Å². The fraction of sp³-hybridized carbons (Fsp3) is 0.300. The summed E-state index contributed by atoms with van der Waals surface area (Å²) >= 11 is 1.90. The van der Waals surface area contributed by atoms with Crippen molar-refractivity contribution in [3.63, 3.8) is 0 Å². The molecule has 196 valence electrons. The largest absolute Gasteiger partial charge is 0.480 e. The van der Waals surface area contributed by atoms with Gasteiger partial charge in [-0.15, -0.1) is 0 Å². The Bertz CT molecular complexity index is 1130. The van der Waals surface area contributed by atoms with E-state index in [1.165, 1.54) is 17.7 Å². The molecular formula is C30H36N2O4S. The van der Waals surface area contributed by atoms with Crippen molar-refractivity contribution in [2.45, 2.75) is 33.6 Å². The Labute approximate surface area is 224 Å². The molecule has 3 amide bonds. The number of carboxylic acid groups (broad SMARTS) is 1. The van der Waals surface area contributed by atoms with Crippen LogP contribution < -0.4 is 5.32 Å². The van der Waals surface area contributed by atoms with Gasteiger partial charge in [0.2, 0.25) is 0 Å². The predicted molar refractivity (Wildman–Crippen MR) is 153 cm³/mol. The number of carbonyl (C=O) groups is 3. The number of amides is 3. The summed E-state index contributed by atoms with van der Waals surface area (Å²) in [5.41, 5.74) is 3.26. The third-order valence-corrected chi connectivity index (χ3v) is 5.52. The molecule has 0 aromatic heterocycles. The Hall–Kier alpha value is -3.76. The van der Waals surface area contributed by atoms with Crippen LogP contribution in [-0.2, 0) is 4.79 Å². The number of imide groups is 1. The molecule has 0 atom stereocenters. The Kier molecular flexibility index (Phi) is 15.6. The van der Waals surface area contributed by atoms with Crippen molar-refractivity contribution in [2.24, 2.45) is 0 Å². The first-order valence-electron chi connectivity index (χ1n) is 12.1. The third kappa shape index (κ3) is 12.7. The highest BCUT2D eigenvalue weighted by molar-refractivity contribution is 7.98. The summed E-state index contributed by atoms with van der Waals surface area (Å²) in [5, 5.41) is 10.9. The molecule has 6 nitrogen and oxygen atoms in total. The zero-order valence-corrected chi connectivity index (χ0v) is 22.8. The van der Waals surface area contributed by atoms with Gasteiger partial charge in [0.15, 0.2) is 0 Å². The van der Waals surface area contributed by atoms with Gasteiger partial charge >= 0.3 is 12.0 Å². The molecule has 0 radical (unpaired) electrons. The molecule has 0 aliphatic heterocycles. The number of rotatable bonds is 9. The molecule has 0 aliphatic rings. The molecule has 2 rings (SSSR count). The van der Waals surface area contributed by atoms with Crippen LogP contribution in [0.2, 0.25) is 0 Å². The lowest BCUT2D eigenvalue weighted by Gasteiger charge is -2.20. The monoisotopic (exact) mass is 520 g/mol. The fourth-order valence-electron chi connectivity index (χ4n) is 3.08. The maximum atomic E-state index is 12.7. The van der Waals surface area contributed by atoms with Gasteiger partial charge < -0.3 is 10.4 Å². The lowest BCUT2D eigenvalue weighted by atomic mass is 10.1. The third-order valence-electron chi connectivity index (χ3n) is 4.91. The van der Waals surface area contributed by atoms with E-state index < -0.39 is 24.5 Å². The van der Waals surface area contributed by atoms with E-state index >= 15 is 0 Å². The van der Waals surface area contributed by atoms with Crippen LogP contribution in [0.5, 0.6) is 0 Å². The maximum Gasteiger partial charge on any atom is 0.324 e. The van der Waals surface area contributed by atoms with Crippen molar-refractivity contribution >= 4 is 29.7 Å². The first-order valence-corrected chi connectivity index (χ1v) is 13.5. The predicted octanol–water partition coefficient (Wildman–Crippen LogP) is 5.99. The molecule has 2 aromatic carbocycles. The maximum absolute atomic E-state index is 12.7. The van der Waals surface area contributed by atoms with Crippen LogP contribution in [0.3, 0.4) is 0 Å². The number of nitrogens with one attached hydrogen (secondary N) is 1. The Morgan fingerprint density at radius 1 is 1.03 bits per heavy atom. The average Bonchev–Trinajstić information content (AvgIpc) is 2.92. The van der Waals surface area contributed by atoms with Crippen LogP contribution in [0.4, 0.5) is 4.79 Å². The molecule has 37 heavy (non-hydrogen) atoms. The highest BCUT2D eigenvalue weighted by Gasteiger charge is 2.22. The minimum atomic E-state index is -1.18. The van der Waals surface area contributed by atoms with Gasteiger partial charge in [-0.2, -0.15) is 11.8 Å². The smallest absolute Gasteiger partial charge is 0.324 e. The normalized spacial score (nSPS) is 10.5. The van der Waals surface area contributed by atoms with Gasteiger partial charge in [0.1, 0.15) is 6.54 Å². The molecule has 7 heteroatoms. The minimum absolute atomic E-state index is 0.185. The molecule has 2 N–H and O–H groups in total. The Balaban J connectivity index is 0.000000580. The van der Waals surface area contributed by atoms with E-state index in [4.69, 9.17) is 5.11 Å². The van der Waals surface area contributed by atoms with Crippen LogP contribution in [0.1, 0.15) is 55.1 Å². The first-order chi connectivity index (χ1) is 17.9. The molecule has 0 spiro atoms. The van der Waals surface area contributed by atoms with Gasteiger partial charge in [0, 0.05) is 23.2 Å². The Morgan fingerprint density at radius 2 is 1.70 bits per heavy atom. The number of hydrogen-bond acceptors (Lipinski definition) is 4. The summed E-state index contributed by atoms with van der Waals surface area (Å²) in [7, 11) is 0. The number of carbonyl (C=O) groups excluding carboxylic acids is 2. The van der Waals surface area contributed by atoms with Crippen molar-refractivity contribution in [1.29, 1.82) is 0 Å². The van der Waals surface area contributed by atoms with E-state index in [-0.39, 0.29) is 6.54 Å². The lowest BCUT2D eigenvalue weighted by molar-refractivity contribution is -0.135. The van der Waals surface area contributed by atoms with Gasteiger partial charge in [-0.1, -0.05) is 66.8 Å². The van der Waals surface area contributed by atoms with Crippen LogP contribution >= 0.6 is 11.8 Å². The summed E-state index contributed by atoms with van der Waals surface area (Å²) < 4.78 is 0. The second-order valence-electron chi connectivity index (χ2n) is 7.81. The van der Waals surface area contributed by atoms with Crippen LogP contribution in [-0.4, -0.2) is 53.0 Å². The molecule has 0 heterocycles. The number of aliphatic carboxylic acids is 1. The van der Waals surface area contributed by atoms with Crippen molar-refractivity contribution in [3.05, 3.63) is 95.1 Å². The standard InChI is InChI=1S/C21H20N2O4.C9H16S/c1-2-13-23(21(27)22-15-19(24)25)20(26)18-10-6-9-17(14-18)12-11-16-7-4-3-5-8-16;1-4-6-9(5-2)7-8-10-3/h3-10,14H,2,13,15H2,1H3,(H,22,27)(H,24,25);4-6H,7-8H2,1-3H3/b;6-4-,9-5+. The van der Waals surface area contributed by atoms with E-state index in [1.54, 1.807) is 24.3 Å². The van der Waals surface area contributed by atoms with Crippen LogP contribution in [0.15, 0.2) is 78.4 Å². The SMILES string of the molecule is C/C=C\C(=C/C)CCSC.CCCN(C(=O)NCC(=O)O)C(=O)c1cccc(C#Cc2ccccc2)c1. The summed E-state index contributed by atoms with van der Waals surface area (Å²) in [5.74, 6) is 5.57. The summed E-state index contributed by atoms with van der Waals surface area (Å²) in [4.78, 5) is 36.5. The number of thioether (sulfide) groups is 1. The summed E-state index contributed by atoms with van der Waals surface area (Å²) in [6.07, 6.45) is 10.3. The molecule has 0 bridgehead atoms. The summed E-state index contributed by atoms with van der Waals surface area (Å²) in [6, 6.07) is 15.4. The van der Waals surface area contributed by atoms with E-state index in [0.29, 0.717) is 17.5 Å². The quantitative estimate of drug-likeness (QED) is 0.313. The molecule has 0 saturated carbocycles. The van der Waals surface area contributed by atoms with Gasteiger partial charge in [-0.3, -0.25) is 14.5 Å². The number of nitrogens with zero attached hydrogens (tertiary/aromatic N) is 1. The van der Waals surface area contributed by atoms with E-state index in [2.05, 4.69) is 55.5 Å². The van der Waals surface area contributed by atoms with Crippen molar-refractivity contribution in [1.82, 2.24) is 10.2 Å². The van der Waals surface area contributed by atoms with Gasteiger partial charge in [0.05, 0.1) is 0 Å². The van der Waals surface area contributed by atoms with Crippen molar-refractivity contribution in [3.8, 4) is 11.8 Å². The second kappa shape index (κ2) is 18.5. The number of allylic oxidation sites excluding steroid dienone is 4. The average molecular weight is 521 g/mol. The van der Waals surface area contributed by atoms with E-state index in [0.717, 1.165) is 10.5 Å². The zero-order valence-electron chi connectivity index (χ0n) is 22.0. The summed E-state index contributed by atoms with van der Waals surface area (Å²) in [6.45, 7) is 5.61. The number of hydrogen-bond donors (Lipinski definition) is 2. The number of urea groups is 1. The highest BCUT2D eigenvalue weighted by Crippen LogP contribution is 2.10. The molecule has 0 saturated heterocycles. The van der Waals surface area contributed by atoms with Crippen LogP contribution in [0.25, 0.3) is 0 Å².